The normalized spacial score (nSPS) is 12.2. The van der Waals surface area contributed by atoms with E-state index in [1.54, 1.807) is 23.3 Å². The lowest BCUT2D eigenvalue weighted by atomic mass is 10.1. The van der Waals surface area contributed by atoms with Gasteiger partial charge in [-0.15, -0.1) is 0 Å². The summed E-state index contributed by atoms with van der Waals surface area (Å²) in [5.41, 5.74) is 2.59. The second-order valence-electron chi connectivity index (χ2n) is 6.75. The van der Waals surface area contributed by atoms with Gasteiger partial charge in [0.25, 0.3) is 0 Å². The number of aliphatic hydroxyl groups excluding tert-OH is 1. The molecule has 1 atom stereocenters. The summed E-state index contributed by atoms with van der Waals surface area (Å²) in [5, 5.41) is 15.7. The van der Waals surface area contributed by atoms with Crippen molar-refractivity contribution in [2.24, 2.45) is 7.05 Å². The zero-order valence-electron chi connectivity index (χ0n) is 15.9. The van der Waals surface area contributed by atoms with Crippen LogP contribution in [0.4, 0.5) is 5.82 Å². The number of nitrogens with zero attached hydrogens (tertiary/aromatic N) is 6. The van der Waals surface area contributed by atoms with E-state index in [0.29, 0.717) is 18.8 Å². The highest BCUT2D eigenvalue weighted by Crippen LogP contribution is 2.27. The van der Waals surface area contributed by atoms with Gasteiger partial charge in [0, 0.05) is 38.6 Å². The molecule has 0 radical (unpaired) electrons. The van der Waals surface area contributed by atoms with E-state index in [0.717, 1.165) is 28.0 Å². The third-order valence-electron chi connectivity index (χ3n) is 4.79. The highest BCUT2D eigenvalue weighted by atomic mass is 16.3. The first-order chi connectivity index (χ1) is 13.6. The number of pyridine rings is 1. The lowest BCUT2D eigenvalue weighted by molar-refractivity contribution is 0.170. The van der Waals surface area contributed by atoms with E-state index >= 15 is 0 Å². The molecule has 7 nitrogen and oxygen atoms in total. The van der Waals surface area contributed by atoms with E-state index in [1.165, 1.54) is 0 Å². The number of aliphatic hydroxyl groups is 1. The highest BCUT2D eigenvalue weighted by molar-refractivity contribution is 5.88. The van der Waals surface area contributed by atoms with Crippen molar-refractivity contribution in [1.29, 1.82) is 0 Å². The van der Waals surface area contributed by atoms with Crippen LogP contribution in [0.25, 0.3) is 22.4 Å². The predicted octanol–water partition coefficient (Wildman–Crippen LogP) is 2.99. The van der Waals surface area contributed by atoms with Crippen LogP contribution in [0.15, 0.2) is 61.1 Å². The zero-order valence-corrected chi connectivity index (χ0v) is 15.9. The van der Waals surface area contributed by atoms with Crippen molar-refractivity contribution in [1.82, 2.24) is 24.7 Å². The van der Waals surface area contributed by atoms with Crippen molar-refractivity contribution in [3.05, 3.63) is 66.6 Å². The van der Waals surface area contributed by atoms with Crippen LogP contribution in [0.5, 0.6) is 0 Å². The molecule has 0 bridgehead atoms. The number of aryl methyl sites for hydroxylation is 1. The monoisotopic (exact) mass is 374 g/mol. The molecule has 142 valence electrons. The van der Waals surface area contributed by atoms with Gasteiger partial charge in [-0.25, -0.2) is 9.97 Å². The Bertz CT molecular complexity index is 1060. The van der Waals surface area contributed by atoms with Crippen LogP contribution in [0, 0.1) is 0 Å². The maximum atomic E-state index is 10.5. The van der Waals surface area contributed by atoms with Gasteiger partial charge in [-0.1, -0.05) is 30.3 Å². The van der Waals surface area contributed by atoms with Crippen LogP contribution < -0.4 is 4.90 Å². The van der Waals surface area contributed by atoms with Crippen LogP contribution >= 0.6 is 0 Å². The van der Waals surface area contributed by atoms with Crippen molar-refractivity contribution in [3.63, 3.8) is 0 Å². The van der Waals surface area contributed by atoms with Gasteiger partial charge < -0.3 is 10.0 Å². The second-order valence-corrected chi connectivity index (χ2v) is 6.75. The molecule has 0 saturated heterocycles. The summed E-state index contributed by atoms with van der Waals surface area (Å²) in [4.78, 5) is 15.6. The first-order valence-corrected chi connectivity index (χ1v) is 9.18. The number of aromatic nitrogens is 5. The number of hydrogen-bond donors (Lipinski definition) is 1. The van der Waals surface area contributed by atoms with Gasteiger partial charge in [-0.3, -0.25) is 9.67 Å². The van der Waals surface area contributed by atoms with Gasteiger partial charge in [0.1, 0.15) is 5.82 Å². The predicted molar refractivity (Wildman–Crippen MR) is 109 cm³/mol. The lowest BCUT2D eigenvalue weighted by Crippen LogP contribution is -2.22. The number of fused-ring (bicyclic) bond motifs is 1. The number of anilines is 1. The molecule has 0 spiro atoms. The minimum atomic E-state index is -0.519. The minimum Gasteiger partial charge on any atom is -0.388 e. The molecule has 4 rings (SSSR count). The smallest absolute Gasteiger partial charge is 0.164 e. The summed E-state index contributed by atoms with van der Waals surface area (Å²) < 4.78 is 1.75. The Morgan fingerprint density at radius 2 is 1.82 bits per heavy atom. The Morgan fingerprint density at radius 1 is 1.07 bits per heavy atom. The first-order valence-electron chi connectivity index (χ1n) is 9.18. The molecule has 3 heterocycles. The number of hydrogen-bond acceptors (Lipinski definition) is 6. The Labute approximate surface area is 163 Å². The lowest BCUT2D eigenvalue weighted by Gasteiger charge is -2.21. The summed E-state index contributed by atoms with van der Waals surface area (Å²) in [6.45, 7) is 0.646. The Balaban J connectivity index is 1.63. The maximum Gasteiger partial charge on any atom is 0.164 e. The largest absolute Gasteiger partial charge is 0.388 e. The van der Waals surface area contributed by atoms with Crippen LogP contribution in [0.3, 0.4) is 0 Å². The van der Waals surface area contributed by atoms with Crippen molar-refractivity contribution in [3.8, 4) is 11.4 Å². The Hall–Kier alpha value is -3.32. The first kappa shape index (κ1) is 18.1. The third-order valence-corrected chi connectivity index (χ3v) is 4.79. The van der Waals surface area contributed by atoms with E-state index in [4.69, 9.17) is 4.98 Å². The topological polar surface area (TPSA) is 80.0 Å². The molecule has 0 aliphatic heterocycles. The van der Waals surface area contributed by atoms with E-state index in [9.17, 15) is 5.11 Å². The van der Waals surface area contributed by atoms with Crippen molar-refractivity contribution < 1.29 is 5.11 Å². The van der Waals surface area contributed by atoms with Gasteiger partial charge in [0.15, 0.2) is 11.5 Å². The summed E-state index contributed by atoms with van der Waals surface area (Å²) >= 11 is 0. The fourth-order valence-electron chi connectivity index (χ4n) is 3.19. The highest BCUT2D eigenvalue weighted by Gasteiger charge is 2.17. The van der Waals surface area contributed by atoms with Crippen LogP contribution in [-0.2, 0) is 7.05 Å². The van der Waals surface area contributed by atoms with Crippen LogP contribution in [-0.4, -0.2) is 43.4 Å². The SMILES string of the molecule is CN(CC[C@H](O)c1ccccc1)c1nc(-c2ccncc2)nc2c1cnn2C. The molecule has 7 heteroatoms. The molecular formula is C21H22N6O. The third kappa shape index (κ3) is 3.57. The maximum absolute atomic E-state index is 10.5. The van der Waals surface area contributed by atoms with E-state index in [1.807, 2.05) is 61.5 Å². The molecule has 0 unspecified atom stereocenters. The van der Waals surface area contributed by atoms with E-state index in [2.05, 4.69) is 15.1 Å². The average Bonchev–Trinajstić information content (AvgIpc) is 3.13. The number of rotatable bonds is 6. The molecule has 0 saturated carbocycles. The van der Waals surface area contributed by atoms with Crippen molar-refractivity contribution >= 4 is 16.9 Å². The van der Waals surface area contributed by atoms with Gasteiger partial charge in [-0.2, -0.15) is 5.10 Å². The molecule has 0 aliphatic carbocycles. The van der Waals surface area contributed by atoms with Crippen molar-refractivity contribution in [2.45, 2.75) is 12.5 Å². The molecule has 3 aromatic heterocycles. The zero-order chi connectivity index (χ0) is 19.5. The van der Waals surface area contributed by atoms with Gasteiger partial charge in [0.2, 0.25) is 0 Å². The summed E-state index contributed by atoms with van der Waals surface area (Å²) in [7, 11) is 3.84. The quantitative estimate of drug-likeness (QED) is 0.559. The van der Waals surface area contributed by atoms with Crippen LogP contribution in [0.2, 0.25) is 0 Å². The molecule has 1 aromatic carbocycles. The molecular weight excluding hydrogens is 352 g/mol. The Kier molecular flexibility index (Phi) is 4.99. The summed E-state index contributed by atoms with van der Waals surface area (Å²) in [5.74, 6) is 1.43. The minimum absolute atomic E-state index is 0.519. The molecule has 4 aromatic rings. The summed E-state index contributed by atoms with van der Waals surface area (Å²) in [6, 6.07) is 13.5. The summed E-state index contributed by atoms with van der Waals surface area (Å²) in [6.07, 6.45) is 5.31. The second kappa shape index (κ2) is 7.74. The molecule has 28 heavy (non-hydrogen) atoms. The van der Waals surface area contributed by atoms with Crippen molar-refractivity contribution in [2.75, 3.05) is 18.5 Å². The van der Waals surface area contributed by atoms with Gasteiger partial charge in [0.05, 0.1) is 17.7 Å². The standard InChI is InChI=1S/C21H22N6O/c1-26(13-10-18(28)15-6-4-3-5-7-15)20-17-14-23-27(2)21(17)25-19(24-20)16-8-11-22-12-9-16/h3-9,11-12,14,18,28H,10,13H2,1-2H3/t18-/m0/s1. The van der Waals surface area contributed by atoms with Gasteiger partial charge in [-0.05, 0) is 24.1 Å². The fourth-order valence-corrected chi connectivity index (χ4v) is 3.19. The van der Waals surface area contributed by atoms with E-state index < -0.39 is 6.10 Å². The Morgan fingerprint density at radius 3 is 2.57 bits per heavy atom. The molecule has 0 amide bonds. The van der Waals surface area contributed by atoms with Crippen LogP contribution in [0.1, 0.15) is 18.1 Å². The van der Waals surface area contributed by atoms with E-state index in [-0.39, 0.29) is 0 Å². The number of benzene rings is 1. The molecule has 1 N–H and O–H groups in total. The molecule has 0 fully saturated rings. The molecule has 0 aliphatic rings. The van der Waals surface area contributed by atoms with Gasteiger partial charge >= 0.3 is 0 Å². The fraction of sp³-hybridized carbons (Fsp3) is 0.238. The average molecular weight is 374 g/mol.